The Morgan fingerprint density at radius 3 is 2.41 bits per heavy atom. The maximum absolute atomic E-state index is 12.0. The number of amides is 1. The van der Waals surface area contributed by atoms with Gasteiger partial charge in [-0.2, -0.15) is 10.1 Å². The van der Waals surface area contributed by atoms with Crippen LogP contribution in [-0.2, 0) is 4.79 Å². The molecular formula is C19H15N5O2S. The number of thioether (sulfide) groups is 1. The summed E-state index contributed by atoms with van der Waals surface area (Å²) in [5.74, 6) is 0.907. The van der Waals surface area contributed by atoms with Gasteiger partial charge in [-0.1, -0.05) is 72.4 Å². The van der Waals surface area contributed by atoms with Crippen molar-refractivity contribution in [3.63, 3.8) is 0 Å². The number of oxazole rings is 1. The molecule has 0 aliphatic rings. The molecule has 0 radical (unpaired) electrons. The largest absolute Gasteiger partial charge is 0.431 e. The smallest absolute Gasteiger partial charge is 0.257 e. The van der Waals surface area contributed by atoms with Gasteiger partial charge in [0.1, 0.15) is 12.0 Å². The van der Waals surface area contributed by atoms with E-state index < -0.39 is 0 Å². The van der Waals surface area contributed by atoms with E-state index in [1.54, 1.807) is 0 Å². The fourth-order valence-corrected chi connectivity index (χ4v) is 3.13. The third-order valence-electron chi connectivity index (χ3n) is 3.69. The molecule has 7 nitrogen and oxygen atoms in total. The second-order valence-corrected chi connectivity index (χ2v) is 6.49. The number of carbonyl (C=O) groups is 1. The molecule has 0 saturated carbocycles. The molecular weight excluding hydrogens is 362 g/mol. The summed E-state index contributed by atoms with van der Waals surface area (Å²) in [6.07, 6.45) is 1.33. The van der Waals surface area contributed by atoms with Gasteiger partial charge in [0.05, 0.1) is 5.75 Å². The van der Waals surface area contributed by atoms with E-state index in [1.807, 2.05) is 60.7 Å². The van der Waals surface area contributed by atoms with Gasteiger partial charge in [-0.25, -0.2) is 10.1 Å². The molecule has 0 fully saturated rings. The minimum Gasteiger partial charge on any atom is -0.431 e. The molecule has 134 valence electrons. The van der Waals surface area contributed by atoms with E-state index in [1.165, 1.54) is 18.1 Å². The average Bonchev–Trinajstić information content (AvgIpc) is 3.38. The highest BCUT2D eigenvalue weighted by Crippen LogP contribution is 2.35. The molecule has 27 heavy (non-hydrogen) atoms. The van der Waals surface area contributed by atoms with E-state index in [4.69, 9.17) is 4.42 Å². The molecule has 2 heterocycles. The molecule has 0 aliphatic carbocycles. The number of nitrogens with zero attached hydrogens (tertiary/aromatic N) is 3. The van der Waals surface area contributed by atoms with Crippen molar-refractivity contribution in [1.82, 2.24) is 20.2 Å². The number of aromatic amines is 1. The van der Waals surface area contributed by atoms with Crippen LogP contribution in [-0.4, -0.2) is 31.8 Å². The number of H-pyrrole nitrogens is 1. The Hall–Kier alpha value is -3.39. The van der Waals surface area contributed by atoms with Crippen LogP contribution in [0.5, 0.6) is 0 Å². The van der Waals surface area contributed by atoms with Crippen molar-refractivity contribution in [3.05, 3.63) is 67.0 Å². The van der Waals surface area contributed by atoms with E-state index in [0.717, 1.165) is 16.8 Å². The first-order valence-corrected chi connectivity index (χ1v) is 9.18. The Bertz CT molecular complexity index is 960. The highest BCUT2D eigenvalue weighted by molar-refractivity contribution is 7.99. The number of hydrogen-bond donors (Lipinski definition) is 2. The molecule has 0 saturated heterocycles. The fourth-order valence-electron chi connectivity index (χ4n) is 2.50. The van der Waals surface area contributed by atoms with Crippen LogP contribution in [0.15, 0.2) is 76.6 Å². The van der Waals surface area contributed by atoms with Gasteiger partial charge in [0.2, 0.25) is 11.9 Å². The monoisotopic (exact) mass is 377 g/mol. The molecule has 4 aromatic rings. The van der Waals surface area contributed by atoms with Crippen LogP contribution in [0.1, 0.15) is 0 Å². The summed E-state index contributed by atoms with van der Waals surface area (Å²) in [5, 5.41) is 9.32. The minimum absolute atomic E-state index is 0.143. The third-order valence-corrected chi connectivity index (χ3v) is 4.52. The molecule has 2 aromatic carbocycles. The van der Waals surface area contributed by atoms with E-state index in [0.29, 0.717) is 16.9 Å². The van der Waals surface area contributed by atoms with Crippen LogP contribution in [0.4, 0.5) is 5.95 Å². The summed E-state index contributed by atoms with van der Waals surface area (Å²) < 4.78 is 5.98. The van der Waals surface area contributed by atoms with Gasteiger partial charge in [0.15, 0.2) is 5.76 Å². The zero-order valence-electron chi connectivity index (χ0n) is 14.1. The first-order chi connectivity index (χ1) is 13.3. The zero-order chi connectivity index (χ0) is 18.5. The topological polar surface area (TPSA) is 96.7 Å². The van der Waals surface area contributed by atoms with E-state index in [2.05, 4.69) is 25.5 Å². The summed E-state index contributed by atoms with van der Waals surface area (Å²) in [7, 11) is 0. The number of aromatic nitrogens is 4. The molecule has 0 bridgehead atoms. The highest BCUT2D eigenvalue weighted by Gasteiger charge is 2.18. The van der Waals surface area contributed by atoms with Gasteiger partial charge in [-0.05, 0) is 0 Å². The Morgan fingerprint density at radius 2 is 1.74 bits per heavy atom. The summed E-state index contributed by atoms with van der Waals surface area (Å²) >= 11 is 1.22. The van der Waals surface area contributed by atoms with Crippen LogP contribution < -0.4 is 5.32 Å². The summed E-state index contributed by atoms with van der Waals surface area (Å²) in [5.41, 5.74) is 2.64. The Kier molecular flexibility index (Phi) is 4.97. The number of nitrogens with one attached hydrogen (secondary N) is 2. The quantitative estimate of drug-likeness (QED) is 0.495. The molecule has 4 rings (SSSR count). The van der Waals surface area contributed by atoms with Crippen molar-refractivity contribution in [2.24, 2.45) is 0 Å². The Balaban J connectivity index is 1.57. The fraction of sp³-hybridized carbons (Fsp3) is 0.0526. The second-order valence-electron chi connectivity index (χ2n) is 5.56. The zero-order valence-corrected chi connectivity index (χ0v) is 14.9. The summed E-state index contributed by atoms with van der Waals surface area (Å²) in [6, 6.07) is 19.6. The molecule has 0 aliphatic heterocycles. The van der Waals surface area contributed by atoms with E-state index in [-0.39, 0.29) is 11.7 Å². The van der Waals surface area contributed by atoms with Crippen molar-refractivity contribution >= 4 is 23.6 Å². The standard InChI is InChI=1S/C19H15N5O2S/c25-15(22-18-20-12-21-24-18)11-27-19-23-16(13-7-3-1-4-8-13)17(26-19)14-9-5-2-6-10-14/h1-10,12H,11H2,(H2,20,21,22,24,25). The second kappa shape index (κ2) is 7.88. The molecule has 2 aromatic heterocycles. The van der Waals surface area contributed by atoms with E-state index >= 15 is 0 Å². The molecule has 1 amide bonds. The van der Waals surface area contributed by atoms with Crippen LogP contribution in [0, 0.1) is 0 Å². The first-order valence-electron chi connectivity index (χ1n) is 8.19. The normalized spacial score (nSPS) is 10.7. The van der Waals surface area contributed by atoms with Gasteiger partial charge in [-0.15, -0.1) is 0 Å². The molecule has 0 spiro atoms. The minimum atomic E-state index is -0.225. The average molecular weight is 377 g/mol. The van der Waals surface area contributed by atoms with Crippen molar-refractivity contribution in [3.8, 4) is 22.6 Å². The van der Waals surface area contributed by atoms with Gasteiger partial charge in [-0.3, -0.25) is 10.1 Å². The Morgan fingerprint density at radius 1 is 1.04 bits per heavy atom. The maximum atomic E-state index is 12.0. The number of benzene rings is 2. The van der Waals surface area contributed by atoms with Crippen molar-refractivity contribution in [2.75, 3.05) is 11.1 Å². The summed E-state index contributed by atoms with van der Waals surface area (Å²) in [4.78, 5) is 20.5. The van der Waals surface area contributed by atoms with Gasteiger partial charge < -0.3 is 4.42 Å². The predicted octanol–water partition coefficient (Wildman–Crippen LogP) is 3.86. The van der Waals surface area contributed by atoms with Crippen LogP contribution in [0.3, 0.4) is 0 Å². The van der Waals surface area contributed by atoms with Gasteiger partial charge >= 0.3 is 0 Å². The molecule has 8 heteroatoms. The lowest BCUT2D eigenvalue weighted by atomic mass is 10.1. The lowest BCUT2D eigenvalue weighted by Crippen LogP contribution is -2.15. The SMILES string of the molecule is O=C(CSc1nc(-c2ccccc2)c(-c2ccccc2)o1)Nc1ncn[nH]1. The van der Waals surface area contributed by atoms with Gasteiger partial charge in [0, 0.05) is 11.1 Å². The molecule has 0 unspecified atom stereocenters. The van der Waals surface area contributed by atoms with Crippen LogP contribution in [0.25, 0.3) is 22.6 Å². The summed E-state index contributed by atoms with van der Waals surface area (Å²) in [6.45, 7) is 0. The molecule has 2 N–H and O–H groups in total. The van der Waals surface area contributed by atoms with Crippen molar-refractivity contribution < 1.29 is 9.21 Å². The highest BCUT2D eigenvalue weighted by atomic mass is 32.2. The van der Waals surface area contributed by atoms with Crippen LogP contribution >= 0.6 is 11.8 Å². The molecule has 0 atom stereocenters. The number of hydrogen-bond acceptors (Lipinski definition) is 6. The van der Waals surface area contributed by atoms with Crippen LogP contribution in [0.2, 0.25) is 0 Å². The van der Waals surface area contributed by atoms with Gasteiger partial charge in [0.25, 0.3) is 5.22 Å². The lowest BCUT2D eigenvalue weighted by molar-refractivity contribution is -0.113. The Labute approximate surface area is 159 Å². The lowest BCUT2D eigenvalue weighted by Gasteiger charge is -2.00. The van der Waals surface area contributed by atoms with E-state index in [9.17, 15) is 4.79 Å². The van der Waals surface area contributed by atoms with Crippen molar-refractivity contribution in [1.29, 1.82) is 0 Å². The maximum Gasteiger partial charge on any atom is 0.257 e. The predicted molar refractivity (Wildman–Crippen MR) is 103 cm³/mol. The first kappa shape index (κ1) is 17.0. The third kappa shape index (κ3) is 4.06. The van der Waals surface area contributed by atoms with Crippen molar-refractivity contribution in [2.45, 2.75) is 5.22 Å². The number of carbonyl (C=O) groups excluding carboxylic acids is 1. The number of anilines is 1. The number of rotatable bonds is 6.